The second-order valence-electron chi connectivity index (χ2n) is 9.48. The Labute approximate surface area is 195 Å². The molecule has 0 spiro atoms. The Morgan fingerprint density at radius 2 is 1.97 bits per heavy atom. The van der Waals surface area contributed by atoms with E-state index in [0.29, 0.717) is 31.1 Å². The predicted octanol–water partition coefficient (Wildman–Crippen LogP) is 3.87. The van der Waals surface area contributed by atoms with Gasteiger partial charge < -0.3 is 15.2 Å². The van der Waals surface area contributed by atoms with Crippen molar-refractivity contribution in [2.24, 2.45) is 11.8 Å². The SMILES string of the molecule is CCCCC[C@@H](O)C=C[C@H]1CCC(=O)[C@@H]1CCCCCCC(=O)NCCN1CCOCC1. The summed E-state index contributed by atoms with van der Waals surface area (Å²) in [6, 6.07) is 0. The molecular weight excluding hydrogens is 404 g/mol. The summed E-state index contributed by atoms with van der Waals surface area (Å²) in [4.78, 5) is 26.6. The molecule has 0 aromatic rings. The van der Waals surface area contributed by atoms with E-state index in [-0.39, 0.29) is 17.9 Å². The normalized spacial score (nSPS) is 23.1. The highest BCUT2D eigenvalue weighted by atomic mass is 16.5. The van der Waals surface area contributed by atoms with Crippen LogP contribution in [0.5, 0.6) is 0 Å². The molecule has 0 bridgehead atoms. The Hall–Kier alpha value is -1.24. The third kappa shape index (κ3) is 11.1. The number of allylic oxidation sites excluding steroid dienone is 1. The number of Topliss-reactive ketones (excluding diaryl/α,β-unsaturated/α-hetero) is 1. The quantitative estimate of drug-likeness (QED) is 0.276. The molecule has 0 radical (unpaired) electrons. The Morgan fingerprint density at radius 1 is 1.19 bits per heavy atom. The van der Waals surface area contributed by atoms with Gasteiger partial charge in [0.25, 0.3) is 0 Å². The van der Waals surface area contributed by atoms with Crippen molar-refractivity contribution >= 4 is 11.7 Å². The average Bonchev–Trinajstić information content (AvgIpc) is 3.15. The lowest BCUT2D eigenvalue weighted by Crippen LogP contribution is -2.41. The Morgan fingerprint density at radius 3 is 2.75 bits per heavy atom. The number of unbranched alkanes of at least 4 members (excludes halogenated alkanes) is 5. The summed E-state index contributed by atoms with van der Waals surface area (Å²) in [6.45, 7) is 7.27. The van der Waals surface area contributed by atoms with Gasteiger partial charge in [0.1, 0.15) is 5.78 Å². The van der Waals surface area contributed by atoms with Gasteiger partial charge in [-0.05, 0) is 31.6 Å². The lowest BCUT2D eigenvalue weighted by molar-refractivity contribution is -0.122. The van der Waals surface area contributed by atoms with Crippen LogP contribution in [-0.4, -0.2) is 67.2 Å². The zero-order valence-electron chi connectivity index (χ0n) is 20.2. The fourth-order valence-electron chi connectivity index (χ4n) is 4.78. The van der Waals surface area contributed by atoms with E-state index in [1.165, 1.54) is 0 Å². The zero-order valence-corrected chi connectivity index (χ0v) is 20.2. The van der Waals surface area contributed by atoms with E-state index >= 15 is 0 Å². The fraction of sp³-hybridized carbons (Fsp3) is 0.846. The highest BCUT2D eigenvalue weighted by Gasteiger charge is 2.32. The summed E-state index contributed by atoms with van der Waals surface area (Å²) in [5, 5.41) is 13.1. The molecule has 0 aromatic heterocycles. The number of hydrogen-bond acceptors (Lipinski definition) is 5. The van der Waals surface area contributed by atoms with E-state index in [4.69, 9.17) is 4.74 Å². The summed E-state index contributed by atoms with van der Waals surface area (Å²) in [6.07, 6.45) is 15.0. The van der Waals surface area contributed by atoms with E-state index < -0.39 is 0 Å². The molecule has 1 amide bonds. The van der Waals surface area contributed by atoms with E-state index in [1.807, 2.05) is 6.08 Å². The number of nitrogens with zero attached hydrogens (tertiary/aromatic N) is 1. The molecular formula is C26H46N2O4. The number of ether oxygens (including phenoxy) is 1. The number of hydrogen-bond donors (Lipinski definition) is 2. The first-order valence-corrected chi connectivity index (χ1v) is 13.1. The number of carbonyl (C=O) groups is 2. The molecule has 0 unspecified atom stereocenters. The van der Waals surface area contributed by atoms with Crippen LogP contribution in [0.2, 0.25) is 0 Å². The highest BCUT2D eigenvalue weighted by Crippen LogP contribution is 2.34. The molecule has 2 fully saturated rings. The van der Waals surface area contributed by atoms with Crippen molar-refractivity contribution in [3.63, 3.8) is 0 Å². The van der Waals surface area contributed by atoms with Crippen molar-refractivity contribution in [3.8, 4) is 0 Å². The minimum Gasteiger partial charge on any atom is -0.389 e. The van der Waals surface area contributed by atoms with Crippen molar-refractivity contribution in [3.05, 3.63) is 12.2 Å². The van der Waals surface area contributed by atoms with Gasteiger partial charge in [0.2, 0.25) is 5.91 Å². The van der Waals surface area contributed by atoms with E-state index in [1.54, 1.807) is 0 Å². The fourth-order valence-corrected chi connectivity index (χ4v) is 4.78. The van der Waals surface area contributed by atoms with Gasteiger partial charge >= 0.3 is 0 Å². The van der Waals surface area contributed by atoms with Gasteiger partial charge in [-0.25, -0.2) is 0 Å². The number of aliphatic hydroxyl groups excluding tert-OH is 1. The number of ketones is 1. The second-order valence-corrected chi connectivity index (χ2v) is 9.48. The van der Waals surface area contributed by atoms with Crippen LogP contribution >= 0.6 is 0 Å². The molecule has 6 heteroatoms. The van der Waals surface area contributed by atoms with Gasteiger partial charge in [-0.2, -0.15) is 0 Å². The lowest BCUT2D eigenvalue weighted by atomic mass is 9.89. The molecule has 32 heavy (non-hydrogen) atoms. The zero-order chi connectivity index (χ0) is 23.0. The van der Waals surface area contributed by atoms with E-state index in [2.05, 4.69) is 23.2 Å². The number of aliphatic hydroxyl groups is 1. The third-order valence-corrected chi connectivity index (χ3v) is 6.86. The molecule has 2 rings (SSSR count). The van der Waals surface area contributed by atoms with Crippen molar-refractivity contribution in [2.75, 3.05) is 39.4 Å². The molecule has 1 heterocycles. The van der Waals surface area contributed by atoms with Gasteiger partial charge in [-0.3, -0.25) is 14.5 Å². The standard InChI is InChI=1S/C26H46N2O4/c1-2-3-6-9-23(29)14-12-22-13-15-25(30)24(22)10-7-4-5-8-11-26(31)27-16-17-28-18-20-32-21-19-28/h12,14,22-24,29H,2-11,13,15-21H2,1H3,(H,27,31)/t22-,23+,24+/m0/s1. The molecule has 1 saturated carbocycles. The van der Waals surface area contributed by atoms with Crippen molar-refractivity contribution < 1.29 is 19.4 Å². The largest absolute Gasteiger partial charge is 0.389 e. The smallest absolute Gasteiger partial charge is 0.220 e. The number of nitrogens with one attached hydrogen (secondary N) is 1. The number of rotatable bonds is 16. The first kappa shape index (κ1) is 27.0. The van der Waals surface area contributed by atoms with Gasteiger partial charge in [0.05, 0.1) is 19.3 Å². The number of morpholine rings is 1. The summed E-state index contributed by atoms with van der Waals surface area (Å²) < 4.78 is 5.33. The third-order valence-electron chi connectivity index (χ3n) is 6.86. The van der Waals surface area contributed by atoms with Crippen molar-refractivity contribution in [1.82, 2.24) is 10.2 Å². The van der Waals surface area contributed by atoms with E-state index in [0.717, 1.165) is 97.1 Å². The van der Waals surface area contributed by atoms with Crippen LogP contribution in [-0.2, 0) is 14.3 Å². The molecule has 1 aliphatic heterocycles. The van der Waals surface area contributed by atoms with Crippen LogP contribution in [0.3, 0.4) is 0 Å². The maximum Gasteiger partial charge on any atom is 0.220 e. The molecule has 2 N–H and O–H groups in total. The topological polar surface area (TPSA) is 78.9 Å². The molecule has 1 aliphatic carbocycles. The van der Waals surface area contributed by atoms with Crippen LogP contribution in [0.4, 0.5) is 0 Å². The Kier molecular flexibility index (Phi) is 13.8. The molecule has 6 nitrogen and oxygen atoms in total. The molecule has 184 valence electrons. The van der Waals surface area contributed by atoms with Gasteiger partial charge in [0.15, 0.2) is 0 Å². The van der Waals surface area contributed by atoms with Crippen molar-refractivity contribution in [2.45, 2.75) is 90.1 Å². The van der Waals surface area contributed by atoms with Crippen LogP contribution in [0.25, 0.3) is 0 Å². The van der Waals surface area contributed by atoms with Crippen molar-refractivity contribution in [1.29, 1.82) is 0 Å². The molecule has 2 aliphatic rings. The summed E-state index contributed by atoms with van der Waals surface area (Å²) >= 11 is 0. The first-order chi connectivity index (χ1) is 15.6. The maximum atomic E-state index is 12.3. The Bertz CT molecular complexity index is 560. The monoisotopic (exact) mass is 450 g/mol. The number of carbonyl (C=O) groups excluding carboxylic acids is 2. The van der Waals surface area contributed by atoms with Crippen LogP contribution in [0.15, 0.2) is 12.2 Å². The molecule has 1 saturated heterocycles. The second kappa shape index (κ2) is 16.4. The van der Waals surface area contributed by atoms with Gasteiger partial charge in [-0.1, -0.05) is 57.6 Å². The summed E-state index contributed by atoms with van der Waals surface area (Å²) in [7, 11) is 0. The lowest BCUT2D eigenvalue weighted by Gasteiger charge is -2.26. The van der Waals surface area contributed by atoms with Crippen LogP contribution < -0.4 is 5.32 Å². The van der Waals surface area contributed by atoms with Gasteiger partial charge in [-0.15, -0.1) is 0 Å². The average molecular weight is 451 g/mol. The molecule has 3 atom stereocenters. The highest BCUT2D eigenvalue weighted by molar-refractivity contribution is 5.83. The Balaban J connectivity index is 1.52. The van der Waals surface area contributed by atoms with Gasteiger partial charge in [0, 0.05) is 44.9 Å². The summed E-state index contributed by atoms with van der Waals surface area (Å²) in [5.74, 6) is 0.949. The predicted molar refractivity (Wildman–Crippen MR) is 128 cm³/mol. The summed E-state index contributed by atoms with van der Waals surface area (Å²) in [5.41, 5.74) is 0. The molecule has 0 aromatic carbocycles. The maximum absolute atomic E-state index is 12.3. The van der Waals surface area contributed by atoms with Crippen LogP contribution in [0, 0.1) is 11.8 Å². The van der Waals surface area contributed by atoms with E-state index in [9.17, 15) is 14.7 Å². The first-order valence-electron chi connectivity index (χ1n) is 13.1. The minimum absolute atomic E-state index is 0.123. The minimum atomic E-state index is -0.377. The van der Waals surface area contributed by atoms with Crippen LogP contribution in [0.1, 0.15) is 84.0 Å². The number of amides is 1.